The van der Waals surface area contributed by atoms with Crippen LogP contribution in [0.1, 0.15) is 34.5 Å². The summed E-state index contributed by atoms with van der Waals surface area (Å²) in [6, 6.07) is 15.1. The lowest BCUT2D eigenvalue weighted by atomic mass is 9.95. The molecule has 1 aliphatic rings. The molecule has 6 nitrogen and oxygen atoms in total. The molecule has 0 aliphatic carbocycles. The van der Waals surface area contributed by atoms with Crippen molar-refractivity contribution in [1.82, 2.24) is 10.2 Å². The van der Waals surface area contributed by atoms with Crippen LogP contribution < -0.4 is 10.6 Å². The van der Waals surface area contributed by atoms with Gasteiger partial charge in [0, 0.05) is 23.0 Å². The zero-order chi connectivity index (χ0) is 23.2. The van der Waals surface area contributed by atoms with Gasteiger partial charge in [-0.1, -0.05) is 29.8 Å². The second-order valence-corrected chi connectivity index (χ2v) is 8.45. The van der Waals surface area contributed by atoms with Crippen molar-refractivity contribution in [2.45, 2.75) is 25.9 Å². The number of nitrogens with one attached hydrogen (secondary N) is 2. The van der Waals surface area contributed by atoms with E-state index in [0.717, 1.165) is 0 Å². The third kappa shape index (κ3) is 5.80. The number of para-hydroxylation sites is 1. The Hall–Kier alpha value is -3.16. The van der Waals surface area contributed by atoms with Gasteiger partial charge in [0.05, 0.1) is 24.1 Å². The Morgan fingerprint density at radius 1 is 1.06 bits per heavy atom. The predicted molar refractivity (Wildman–Crippen MR) is 124 cm³/mol. The SMILES string of the molecule is O=C(NCc1ccco1)c1ccccc1NC(=O)C1CCN(Cc2c(F)cccc2Cl)CC1. The summed E-state index contributed by atoms with van der Waals surface area (Å²) in [7, 11) is 0. The second-order valence-electron chi connectivity index (χ2n) is 8.05. The second kappa shape index (κ2) is 10.6. The number of likely N-dealkylation sites (tertiary alicyclic amines) is 1. The minimum Gasteiger partial charge on any atom is -0.467 e. The van der Waals surface area contributed by atoms with Gasteiger partial charge in [0.2, 0.25) is 5.91 Å². The summed E-state index contributed by atoms with van der Waals surface area (Å²) in [6.45, 7) is 2.00. The Labute approximate surface area is 196 Å². The van der Waals surface area contributed by atoms with E-state index in [1.54, 1.807) is 54.8 Å². The first-order valence-electron chi connectivity index (χ1n) is 10.9. The maximum absolute atomic E-state index is 14.1. The topological polar surface area (TPSA) is 74.6 Å². The molecule has 0 bridgehead atoms. The molecule has 2 aromatic carbocycles. The van der Waals surface area contributed by atoms with Crippen molar-refractivity contribution >= 4 is 29.1 Å². The molecule has 0 spiro atoms. The van der Waals surface area contributed by atoms with Gasteiger partial charge in [-0.25, -0.2) is 4.39 Å². The summed E-state index contributed by atoms with van der Waals surface area (Å²) in [5.74, 6) is -0.266. The third-order valence-electron chi connectivity index (χ3n) is 5.83. The number of piperidine rings is 1. The monoisotopic (exact) mass is 469 g/mol. The van der Waals surface area contributed by atoms with Crippen molar-refractivity contribution in [2.75, 3.05) is 18.4 Å². The molecule has 172 valence electrons. The van der Waals surface area contributed by atoms with Gasteiger partial charge in [-0.05, 0) is 62.3 Å². The predicted octanol–water partition coefficient (Wildman–Crippen LogP) is 4.85. The van der Waals surface area contributed by atoms with Crippen LogP contribution in [0.3, 0.4) is 0 Å². The average molecular weight is 470 g/mol. The van der Waals surface area contributed by atoms with E-state index in [2.05, 4.69) is 15.5 Å². The van der Waals surface area contributed by atoms with Gasteiger partial charge in [-0.3, -0.25) is 14.5 Å². The standard InChI is InChI=1S/C25H25ClFN3O3/c26-21-7-3-8-22(27)20(21)16-30-12-10-17(11-13-30)24(31)29-23-9-2-1-6-19(23)25(32)28-15-18-5-4-14-33-18/h1-9,14,17H,10-13,15-16H2,(H,28,32)(H,29,31). The van der Waals surface area contributed by atoms with Crippen LogP contribution in [0.5, 0.6) is 0 Å². The fourth-order valence-electron chi connectivity index (χ4n) is 3.96. The van der Waals surface area contributed by atoms with E-state index in [-0.39, 0.29) is 30.1 Å². The Morgan fingerprint density at radius 2 is 1.85 bits per heavy atom. The maximum Gasteiger partial charge on any atom is 0.253 e. The Morgan fingerprint density at radius 3 is 2.58 bits per heavy atom. The van der Waals surface area contributed by atoms with Crippen LogP contribution in [0.25, 0.3) is 0 Å². The summed E-state index contributed by atoms with van der Waals surface area (Å²) in [5, 5.41) is 6.13. The lowest BCUT2D eigenvalue weighted by molar-refractivity contribution is -0.121. The number of hydrogen-bond donors (Lipinski definition) is 2. The van der Waals surface area contributed by atoms with Crippen LogP contribution in [0.15, 0.2) is 65.3 Å². The number of carbonyl (C=O) groups is 2. The van der Waals surface area contributed by atoms with Crippen molar-refractivity contribution in [3.05, 3.63) is 88.6 Å². The number of furan rings is 1. The molecule has 2 N–H and O–H groups in total. The van der Waals surface area contributed by atoms with Gasteiger partial charge in [-0.2, -0.15) is 0 Å². The fourth-order valence-corrected chi connectivity index (χ4v) is 4.18. The van der Waals surface area contributed by atoms with Gasteiger partial charge in [0.15, 0.2) is 0 Å². The molecule has 1 saturated heterocycles. The molecule has 4 rings (SSSR count). The van der Waals surface area contributed by atoms with Crippen molar-refractivity contribution in [3.8, 4) is 0 Å². The van der Waals surface area contributed by atoms with Crippen LogP contribution in [-0.2, 0) is 17.9 Å². The van der Waals surface area contributed by atoms with Crippen LogP contribution in [0, 0.1) is 11.7 Å². The maximum atomic E-state index is 14.1. The average Bonchev–Trinajstić information content (AvgIpc) is 3.34. The molecular formula is C25H25ClFN3O3. The first-order valence-corrected chi connectivity index (χ1v) is 11.2. The van der Waals surface area contributed by atoms with Crippen molar-refractivity contribution < 1.29 is 18.4 Å². The number of amides is 2. The molecule has 0 radical (unpaired) electrons. The third-order valence-corrected chi connectivity index (χ3v) is 6.19. The molecule has 3 aromatic rings. The summed E-state index contributed by atoms with van der Waals surface area (Å²) >= 11 is 6.14. The molecule has 8 heteroatoms. The van der Waals surface area contributed by atoms with Gasteiger partial charge in [0.25, 0.3) is 5.91 Å². The highest BCUT2D eigenvalue weighted by Crippen LogP contribution is 2.25. The van der Waals surface area contributed by atoms with Gasteiger partial charge < -0.3 is 15.1 Å². The van der Waals surface area contributed by atoms with Crippen LogP contribution in [-0.4, -0.2) is 29.8 Å². The lowest BCUT2D eigenvalue weighted by Gasteiger charge is -2.31. The number of nitrogens with zero attached hydrogens (tertiary/aromatic N) is 1. The van der Waals surface area contributed by atoms with E-state index in [1.807, 2.05) is 0 Å². The highest BCUT2D eigenvalue weighted by Gasteiger charge is 2.26. The van der Waals surface area contributed by atoms with Gasteiger partial charge in [0.1, 0.15) is 11.6 Å². The molecule has 0 atom stereocenters. The van der Waals surface area contributed by atoms with Gasteiger partial charge in [-0.15, -0.1) is 0 Å². The van der Waals surface area contributed by atoms with Crippen LogP contribution in [0.2, 0.25) is 5.02 Å². The van der Waals surface area contributed by atoms with Crippen LogP contribution >= 0.6 is 11.6 Å². The molecule has 2 heterocycles. The van der Waals surface area contributed by atoms with Crippen molar-refractivity contribution in [1.29, 1.82) is 0 Å². The van der Waals surface area contributed by atoms with Crippen molar-refractivity contribution in [2.24, 2.45) is 5.92 Å². The van der Waals surface area contributed by atoms with E-state index >= 15 is 0 Å². The summed E-state index contributed by atoms with van der Waals surface area (Å²) in [6.07, 6.45) is 2.83. The summed E-state index contributed by atoms with van der Waals surface area (Å²) in [4.78, 5) is 27.6. The zero-order valence-electron chi connectivity index (χ0n) is 18.0. The number of rotatable bonds is 7. The van der Waals surface area contributed by atoms with E-state index in [0.29, 0.717) is 60.1 Å². The molecule has 1 aliphatic heterocycles. The Balaban J connectivity index is 1.32. The number of anilines is 1. The van der Waals surface area contributed by atoms with Crippen LogP contribution in [0.4, 0.5) is 10.1 Å². The van der Waals surface area contributed by atoms with E-state index in [4.69, 9.17) is 16.0 Å². The summed E-state index contributed by atoms with van der Waals surface area (Å²) in [5.41, 5.74) is 1.35. The minimum absolute atomic E-state index is 0.121. The quantitative estimate of drug-likeness (QED) is 0.518. The molecule has 1 fully saturated rings. The lowest BCUT2D eigenvalue weighted by Crippen LogP contribution is -2.38. The first-order chi connectivity index (χ1) is 16.0. The Kier molecular flexibility index (Phi) is 7.42. The fraction of sp³-hybridized carbons (Fsp3) is 0.280. The van der Waals surface area contributed by atoms with E-state index in [9.17, 15) is 14.0 Å². The molecule has 0 saturated carbocycles. The van der Waals surface area contributed by atoms with Crippen molar-refractivity contribution in [3.63, 3.8) is 0 Å². The molecule has 33 heavy (non-hydrogen) atoms. The minimum atomic E-state index is -0.315. The molecule has 2 amide bonds. The number of carbonyl (C=O) groups excluding carboxylic acids is 2. The highest BCUT2D eigenvalue weighted by atomic mass is 35.5. The largest absolute Gasteiger partial charge is 0.467 e. The number of benzene rings is 2. The number of hydrogen-bond acceptors (Lipinski definition) is 4. The molecule has 0 unspecified atom stereocenters. The normalized spacial score (nSPS) is 14.7. The van der Waals surface area contributed by atoms with Gasteiger partial charge >= 0.3 is 0 Å². The number of halogens is 2. The highest BCUT2D eigenvalue weighted by molar-refractivity contribution is 6.31. The summed E-state index contributed by atoms with van der Waals surface area (Å²) < 4.78 is 19.3. The molecular weight excluding hydrogens is 445 g/mol. The molecule has 1 aromatic heterocycles. The van der Waals surface area contributed by atoms with E-state index < -0.39 is 0 Å². The smallest absolute Gasteiger partial charge is 0.253 e. The first kappa shape index (κ1) is 23.0. The Bertz CT molecular complexity index is 1090. The van der Waals surface area contributed by atoms with E-state index in [1.165, 1.54) is 6.07 Å². The zero-order valence-corrected chi connectivity index (χ0v) is 18.8.